The summed E-state index contributed by atoms with van der Waals surface area (Å²) in [6, 6.07) is 10.3. The third-order valence-corrected chi connectivity index (χ3v) is 8.68. The Kier molecular flexibility index (Phi) is 7.32. The van der Waals surface area contributed by atoms with Gasteiger partial charge >= 0.3 is 16.3 Å². The van der Waals surface area contributed by atoms with E-state index < -0.39 is 26.9 Å². The van der Waals surface area contributed by atoms with Crippen molar-refractivity contribution < 1.29 is 17.9 Å². The van der Waals surface area contributed by atoms with E-state index in [1.165, 1.54) is 14.1 Å². The molecule has 1 fully saturated rings. The molecule has 0 unspecified atom stereocenters. The number of hydrogen-bond acceptors (Lipinski definition) is 6. The summed E-state index contributed by atoms with van der Waals surface area (Å²) >= 11 is 0. The lowest BCUT2D eigenvalue weighted by molar-refractivity contribution is 0.0101. The van der Waals surface area contributed by atoms with Gasteiger partial charge in [-0.15, -0.1) is 0 Å². The zero-order chi connectivity index (χ0) is 27.9. The van der Waals surface area contributed by atoms with Crippen molar-refractivity contribution in [1.29, 1.82) is 0 Å². The summed E-state index contributed by atoms with van der Waals surface area (Å²) in [5, 5.41) is 5.04. The lowest BCUT2D eigenvalue weighted by Crippen LogP contribution is -2.49. The molecule has 0 saturated carbocycles. The van der Waals surface area contributed by atoms with Gasteiger partial charge in [-0.05, 0) is 58.2 Å². The number of likely N-dealkylation sites (tertiary alicyclic amines) is 1. The summed E-state index contributed by atoms with van der Waals surface area (Å²) in [6.07, 6.45) is 2.98. The standard InChI is InChI=1S/C26H36N6O5S/c1-7-26(14-17-30(18-15-26)24(34)37-25(2,3)4)32-20-13-16-27-23(33)21(20)22(28-32)31(38(35,36)29(5)6)19-11-9-8-10-12-19/h8-13,16H,7,14-15,17-18H2,1-6H3,(H,27,33). The molecule has 0 radical (unpaired) electrons. The number of nitrogens with one attached hydrogen (secondary N) is 1. The molecule has 1 amide bonds. The summed E-state index contributed by atoms with van der Waals surface area (Å²) in [5.41, 5.74) is -0.667. The van der Waals surface area contributed by atoms with Crippen molar-refractivity contribution >= 4 is 38.7 Å². The van der Waals surface area contributed by atoms with Crippen molar-refractivity contribution in [3.05, 3.63) is 52.9 Å². The number of nitrogens with zero attached hydrogens (tertiary/aromatic N) is 5. The van der Waals surface area contributed by atoms with Crippen molar-refractivity contribution in [2.24, 2.45) is 0 Å². The second-order valence-corrected chi connectivity index (χ2v) is 12.7. The van der Waals surface area contributed by atoms with Gasteiger partial charge in [0, 0.05) is 33.4 Å². The Bertz CT molecular complexity index is 1470. The van der Waals surface area contributed by atoms with E-state index in [1.807, 2.05) is 27.7 Å². The molecule has 1 saturated heterocycles. The molecule has 1 aliphatic heterocycles. The van der Waals surface area contributed by atoms with Gasteiger partial charge < -0.3 is 14.6 Å². The fourth-order valence-electron chi connectivity index (χ4n) is 4.80. The number of H-pyrrole nitrogens is 1. The van der Waals surface area contributed by atoms with Crippen LogP contribution in [0.5, 0.6) is 0 Å². The number of rotatable bonds is 6. The van der Waals surface area contributed by atoms with E-state index in [9.17, 15) is 18.0 Å². The van der Waals surface area contributed by atoms with Crippen molar-refractivity contribution in [2.45, 2.75) is 58.1 Å². The number of ether oxygens (including phenoxy) is 1. The first kappa shape index (κ1) is 27.6. The van der Waals surface area contributed by atoms with Crippen LogP contribution in [0, 0.1) is 0 Å². The van der Waals surface area contributed by atoms with E-state index in [4.69, 9.17) is 9.84 Å². The molecule has 3 aromatic rings. The Morgan fingerprint density at radius 1 is 1.13 bits per heavy atom. The lowest BCUT2D eigenvalue weighted by atomic mass is 9.85. The van der Waals surface area contributed by atoms with Crippen LogP contribution < -0.4 is 9.86 Å². The summed E-state index contributed by atoms with van der Waals surface area (Å²) in [7, 11) is -1.19. The normalized spacial score (nSPS) is 16.1. The van der Waals surface area contributed by atoms with Crippen LogP contribution >= 0.6 is 0 Å². The first-order chi connectivity index (χ1) is 17.8. The van der Waals surface area contributed by atoms with Crippen molar-refractivity contribution in [1.82, 2.24) is 24.0 Å². The van der Waals surface area contributed by atoms with Gasteiger partial charge in [0.25, 0.3) is 5.56 Å². The Morgan fingerprint density at radius 2 is 1.76 bits per heavy atom. The van der Waals surface area contributed by atoms with Gasteiger partial charge in [-0.2, -0.15) is 17.8 Å². The molecule has 0 spiro atoms. The first-order valence-corrected chi connectivity index (χ1v) is 14.1. The molecular weight excluding hydrogens is 508 g/mol. The summed E-state index contributed by atoms with van der Waals surface area (Å²) < 4.78 is 36.7. The number of aromatic nitrogens is 3. The maximum absolute atomic E-state index is 13.6. The van der Waals surface area contributed by atoms with Crippen molar-refractivity contribution in [3.8, 4) is 0 Å². The molecule has 38 heavy (non-hydrogen) atoms. The third kappa shape index (κ3) is 5.02. The fourth-order valence-corrected chi connectivity index (χ4v) is 5.86. The summed E-state index contributed by atoms with van der Waals surface area (Å²) in [5.74, 6) is 0.0316. The highest BCUT2D eigenvalue weighted by Gasteiger charge is 2.41. The second-order valence-electron chi connectivity index (χ2n) is 10.7. The molecular formula is C26H36N6O5S. The molecule has 11 nitrogen and oxygen atoms in total. The number of pyridine rings is 1. The summed E-state index contributed by atoms with van der Waals surface area (Å²) in [6.45, 7) is 8.43. The smallest absolute Gasteiger partial charge is 0.410 e. The molecule has 3 heterocycles. The number of aromatic amines is 1. The highest BCUT2D eigenvalue weighted by Crippen LogP contribution is 2.40. The van der Waals surface area contributed by atoms with Gasteiger partial charge in [-0.1, -0.05) is 25.1 Å². The average Bonchev–Trinajstić information content (AvgIpc) is 3.24. The second kappa shape index (κ2) is 10.1. The van der Waals surface area contributed by atoms with Crippen LogP contribution in [-0.4, -0.2) is 71.3 Å². The number of carbonyl (C=O) groups excluding carboxylic acids is 1. The number of hydrogen-bond donors (Lipinski definition) is 1. The van der Waals surface area contributed by atoms with Gasteiger partial charge in [-0.25, -0.2) is 9.10 Å². The first-order valence-electron chi connectivity index (χ1n) is 12.7. The molecule has 0 bridgehead atoms. The van der Waals surface area contributed by atoms with Gasteiger partial charge in [0.1, 0.15) is 11.0 Å². The van der Waals surface area contributed by atoms with Gasteiger partial charge in [0.2, 0.25) is 0 Å². The monoisotopic (exact) mass is 544 g/mol. The highest BCUT2D eigenvalue weighted by molar-refractivity contribution is 7.90. The minimum atomic E-state index is -4.07. The Morgan fingerprint density at radius 3 is 2.32 bits per heavy atom. The number of amides is 1. The van der Waals surface area contributed by atoms with E-state index in [-0.39, 0.29) is 17.3 Å². The topological polar surface area (TPSA) is 121 Å². The maximum atomic E-state index is 13.6. The number of benzene rings is 1. The van der Waals surface area contributed by atoms with E-state index >= 15 is 0 Å². The number of anilines is 2. The molecule has 0 atom stereocenters. The quantitative estimate of drug-likeness (QED) is 0.504. The molecule has 0 aliphatic carbocycles. The predicted octanol–water partition coefficient (Wildman–Crippen LogP) is 3.81. The molecule has 206 valence electrons. The van der Waals surface area contributed by atoms with Gasteiger partial charge in [0.05, 0.1) is 16.7 Å². The molecule has 12 heteroatoms. The zero-order valence-corrected chi connectivity index (χ0v) is 23.6. The van der Waals surface area contributed by atoms with Crippen LogP contribution in [0.4, 0.5) is 16.3 Å². The van der Waals surface area contributed by atoms with Gasteiger partial charge in [0.15, 0.2) is 5.82 Å². The average molecular weight is 545 g/mol. The molecule has 1 N–H and O–H groups in total. The van der Waals surface area contributed by atoms with E-state index in [1.54, 1.807) is 52.2 Å². The number of carbonyl (C=O) groups is 1. The molecule has 1 aromatic carbocycles. The fraction of sp³-hybridized carbons (Fsp3) is 0.500. The SMILES string of the molecule is CCC1(n2nc(N(c3ccccc3)S(=O)(=O)N(C)C)c3c(=O)[nH]ccc32)CCN(C(=O)OC(C)(C)C)CC1. The molecule has 4 rings (SSSR count). The highest BCUT2D eigenvalue weighted by atomic mass is 32.2. The van der Waals surface area contributed by atoms with Crippen molar-refractivity contribution in [2.75, 3.05) is 31.5 Å². The van der Waals surface area contributed by atoms with Crippen LogP contribution in [0.25, 0.3) is 10.9 Å². The van der Waals surface area contributed by atoms with Crippen molar-refractivity contribution in [3.63, 3.8) is 0 Å². The van der Waals surface area contributed by atoms with Gasteiger partial charge in [-0.3, -0.25) is 9.48 Å². The van der Waals surface area contributed by atoms with Crippen LogP contribution in [0.2, 0.25) is 0 Å². The van der Waals surface area contributed by atoms with Crippen LogP contribution in [0.1, 0.15) is 47.0 Å². The number of fused-ring (bicyclic) bond motifs is 1. The number of para-hydroxylation sites is 1. The van der Waals surface area contributed by atoms with E-state index in [2.05, 4.69) is 4.98 Å². The molecule has 1 aliphatic rings. The van der Waals surface area contributed by atoms with Crippen LogP contribution in [0.15, 0.2) is 47.4 Å². The van der Waals surface area contributed by atoms with E-state index in [0.29, 0.717) is 43.6 Å². The van der Waals surface area contributed by atoms with Crippen LogP contribution in [0.3, 0.4) is 0 Å². The predicted molar refractivity (Wildman–Crippen MR) is 147 cm³/mol. The lowest BCUT2D eigenvalue weighted by Gasteiger charge is -2.42. The Labute approximate surface area is 223 Å². The Hall–Kier alpha value is -3.38. The summed E-state index contributed by atoms with van der Waals surface area (Å²) in [4.78, 5) is 30.2. The van der Waals surface area contributed by atoms with E-state index in [0.717, 1.165) is 8.61 Å². The largest absolute Gasteiger partial charge is 0.444 e. The molecule has 2 aromatic heterocycles. The number of piperidine rings is 1. The Balaban J connectivity index is 1.85. The maximum Gasteiger partial charge on any atom is 0.410 e. The minimum absolute atomic E-state index is 0.0316. The minimum Gasteiger partial charge on any atom is -0.444 e. The van der Waals surface area contributed by atoms with Crippen LogP contribution in [-0.2, 0) is 20.5 Å². The zero-order valence-electron chi connectivity index (χ0n) is 22.8. The third-order valence-electron chi connectivity index (χ3n) is 6.91.